The molecule has 2 N–H and O–H groups in total. The fourth-order valence-electron chi connectivity index (χ4n) is 2.46. The average molecular weight is 366 g/mol. The Bertz CT molecular complexity index is 907. The largest absolute Gasteiger partial charge is 0.489 e. The lowest BCUT2D eigenvalue weighted by Gasteiger charge is -2.15. The van der Waals surface area contributed by atoms with E-state index in [4.69, 9.17) is 9.15 Å². The summed E-state index contributed by atoms with van der Waals surface area (Å²) in [6.45, 7) is 6.03. The third-order valence-corrected chi connectivity index (χ3v) is 3.59. The molecule has 0 spiro atoms. The Labute approximate surface area is 157 Å². The number of rotatable bonds is 7. The standard InChI is InChI=1S/C20H22N4O3/c1-13(2)27-18-9-5-4-8-16(18)23-20-22-14(3)11-17(24-20)19(25)21-12-15-7-6-10-26-15/h4-11,13H,12H2,1-3H3,(H,21,25)(H,22,23,24). The fourth-order valence-corrected chi connectivity index (χ4v) is 2.46. The van der Waals surface area contributed by atoms with Crippen LogP contribution in [-0.2, 0) is 6.54 Å². The first-order valence-corrected chi connectivity index (χ1v) is 8.70. The SMILES string of the molecule is Cc1cc(C(=O)NCc2ccco2)nc(Nc2ccccc2OC(C)C)n1. The average Bonchev–Trinajstić information content (AvgIpc) is 3.14. The Kier molecular flexibility index (Phi) is 5.71. The van der Waals surface area contributed by atoms with E-state index in [1.807, 2.05) is 45.0 Å². The quantitative estimate of drug-likeness (QED) is 0.660. The summed E-state index contributed by atoms with van der Waals surface area (Å²) in [5.41, 5.74) is 1.69. The van der Waals surface area contributed by atoms with Gasteiger partial charge in [-0.05, 0) is 51.1 Å². The van der Waals surface area contributed by atoms with E-state index in [1.165, 1.54) is 0 Å². The van der Waals surface area contributed by atoms with Gasteiger partial charge in [-0.1, -0.05) is 12.1 Å². The molecule has 1 amide bonds. The normalized spacial score (nSPS) is 10.7. The second kappa shape index (κ2) is 8.35. The zero-order valence-corrected chi connectivity index (χ0v) is 15.5. The Balaban J connectivity index is 1.76. The summed E-state index contributed by atoms with van der Waals surface area (Å²) in [5, 5.41) is 5.92. The maximum Gasteiger partial charge on any atom is 0.270 e. The first-order valence-electron chi connectivity index (χ1n) is 8.70. The van der Waals surface area contributed by atoms with Crippen molar-refractivity contribution >= 4 is 17.5 Å². The summed E-state index contributed by atoms with van der Waals surface area (Å²) < 4.78 is 11.0. The van der Waals surface area contributed by atoms with Crippen LogP contribution >= 0.6 is 0 Å². The molecule has 0 fully saturated rings. The molecule has 2 aromatic heterocycles. The predicted octanol–water partition coefficient (Wildman–Crippen LogP) is 3.84. The first kappa shape index (κ1) is 18.4. The molecule has 0 saturated heterocycles. The maximum atomic E-state index is 12.4. The van der Waals surface area contributed by atoms with Gasteiger partial charge in [-0.25, -0.2) is 9.97 Å². The molecule has 3 aromatic rings. The van der Waals surface area contributed by atoms with Gasteiger partial charge in [0, 0.05) is 5.69 Å². The van der Waals surface area contributed by atoms with E-state index < -0.39 is 0 Å². The minimum atomic E-state index is -0.299. The number of para-hydroxylation sites is 2. The van der Waals surface area contributed by atoms with Crippen molar-refractivity contribution in [2.75, 3.05) is 5.32 Å². The molecule has 140 valence electrons. The van der Waals surface area contributed by atoms with Crippen LogP contribution in [-0.4, -0.2) is 22.0 Å². The lowest BCUT2D eigenvalue weighted by atomic mass is 10.3. The molecule has 0 unspecified atom stereocenters. The van der Waals surface area contributed by atoms with Crippen molar-refractivity contribution in [1.29, 1.82) is 0 Å². The van der Waals surface area contributed by atoms with E-state index in [0.717, 1.165) is 5.69 Å². The highest BCUT2D eigenvalue weighted by Gasteiger charge is 2.13. The molecule has 0 atom stereocenters. The Morgan fingerprint density at radius 1 is 1.19 bits per heavy atom. The molecule has 0 saturated carbocycles. The highest BCUT2D eigenvalue weighted by molar-refractivity contribution is 5.92. The van der Waals surface area contributed by atoms with Gasteiger partial charge < -0.3 is 19.8 Å². The highest BCUT2D eigenvalue weighted by Crippen LogP contribution is 2.27. The van der Waals surface area contributed by atoms with Crippen LogP contribution in [0, 0.1) is 6.92 Å². The zero-order valence-electron chi connectivity index (χ0n) is 15.5. The van der Waals surface area contributed by atoms with Crippen molar-refractivity contribution in [2.45, 2.75) is 33.4 Å². The minimum absolute atomic E-state index is 0.0364. The molecule has 0 aliphatic rings. The van der Waals surface area contributed by atoms with Gasteiger partial charge in [0.25, 0.3) is 5.91 Å². The van der Waals surface area contributed by atoms with Crippen molar-refractivity contribution in [3.63, 3.8) is 0 Å². The summed E-state index contributed by atoms with van der Waals surface area (Å²) in [6, 6.07) is 12.7. The predicted molar refractivity (Wildman–Crippen MR) is 102 cm³/mol. The molecule has 1 aromatic carbocycles. The molecule has 0 bridgehead atoms. The third-order valence-electron chi connectivity index (χ3n) is 3.59. The number of aryl methyl sites for hydroxylation is 1. The van der Waals surface area contributed by atoms with Gasteiger partial charge in [0.2, 0.25) is 5.95 Å². The number of hydrogen-bond acceptors (Lipinski definition) is 6. The van der Waals surface area contributed by atoms with Crippen LogP contribution in [0.2, 0.25) is 0 Å². The number of carbonyl (C=O) groups excluding carboxylic acids is 1. The number of ether oxygens (including phenoxy) is 1. The molecule has 0 aliphatic carbocycles. The van der Waals surface area contributed by atoms with Crippen LogP contribution in [0.1, 0.15) is 35.8 Å². The summed E-state index contributed by atoms with van der Waals surface area (Å²) in [4.78, 5) is 21.1. The second-order valence-electron chi connectivity index (χ2n) is 6.27. The third kappa shape index (κ3) is 5.07. The molecule has 7 heteroatoms. The van der Waals surface area contributed by atoms with Crippen LogP contribution in [0.25, 0.3) is 0 Å². The Hall–Kier alpha value is -3.35. The van der Waals surface area contributed by atoms with Gasteiger partial charge in [-0.2, -0.15) is 0 Å². The monoisotopic (exact) mass is 366 g/mol. The van der Waals surface area contributed by atoms with Crippen molar-refractivity contribution in [3.05, 3.63) is 65.9 Å². The summed E-state index contributed by atoms with van der Waals surface area (Å²) in [6.07, 6.45) is 1.60. The molecule has 7 nitrogen and oxygen atoms in total. The number of amides is 1. The van der Waals surface area contributed by atoms with Gasteiger partial charge in [-0.3, -0.25) is 4.79 Å². The number of benzene rings is 1. The van der Waals surface area contributed by atoms with E-state index in [2.05, 4.69) is 20.6 Å². The number of hydrogen-bond donors (Lipinski definition) is 2. The number of carbonyl (C=O) groups is 1. The molecule has 27 heavy (non-hydrogen) atoms. The molecule has 0 aliphatic heterocycles. The number of nitrogens with one attached hydrogen (secondary N) is 2. The lowest BCUT2D eigenvalue weighted by Crippen LogP contribution is -2.24. The molecular formula is C20H22N4O3. The van der Waals surface area contributed by atoms with Gasteiger partial charge in [0.1, 0.15) is 17.2 Å². The fraction of sp³-hybridized carbons (Fsp3) is 0.250. The van der Waals surface area contributed by atoms with Crippen LogP contribution in [0.3, 0.4) is 0 Å². The summed E-state index contributed by atoms with van der Waals surface area (Å²) in [7, 11) is 0. The lowest BCUT2D eigenvalue weighted by molar-refractivity contribution is 0.0943. The van der Waals surface area contributed by atoms with E-state index >= 15 is 0 Å². The van der Waals surface area contributed by atoms with E-state index in [9.17, 15) is 4.79 Å². The van der Waals surface area contributed by atoms with E-state index in [1.54, 1.807) is 24.5 Å². The first-order chi connectivity index (χ1) is 13.0. The van der Waals surface area contributed by atoms with Crippen molar-refractivity contribution in [2.24, 2.45) is 0 Å². The van der Waals surface area contributed by atoms with Crippen molar-refractivity contribution in [3.8, 4) is 5.75 Å². The van der Waals surface area contributed by atoms with Gasteiger partial charge >= 0.3 is 0 Å². The number of furan rings is 1. The molecule has 2 heterocycles. The second-order valence-corrected chi connectivity index (χ2v) is 6.27. The molecular weight excluding hydrogens is 344 g/mol. The van der Waals surface area contributed by atoms with Gasteiger partial charge in [-0.15, -0.1) is 0 Å². The number of anilines is 2. The van der Waals surface area contributed by atoms with E-state index in [-0.39, 0.29) is 17.7 Å². The smallest absolute Gasteiger partial charge is 0.270 e. The highest BCUT2D eigenvalue weighted by atomic mass is 16.5. The van der Waals surface area contributed by atoms with Crippen LogP contribution in [0.5, 0.6) is 5.75 Å². The van der Waals surface area contributed by atoms with Crippen LogP contribution in [0.15, 0.2) is 53.1 Å². The Morgan fingerprint density at radius 2 is 2.00 bits per heavy atom. The van der Waals surface area contributed by atoms with Gasteiger partial charge in [0.05, 0.1) is 24.6 Å². The topological polar surface area (TPSA) is 89.3 Å². The summed E-state index contributed by atoms with van der Waals surface area (Å²) in [5.74, 6) is 1.40. The van der Waals surface area contributed by atoms with Gasteiger partial charge in [0.15, 0.2) is 0 Å². The minimum Gasteiger partial charge on any atom is -0.489 e. The zero-order chi connectivity index (χ0) is 19.2. The molecule has 3 rings (SSSR count). The Morgan fingerprint density at radius 3 is 2.74 bits per heavy atom. The van der Waals surface area contributed by atoms with Crippen LogP contribution < -0.4 is 15.4 Å². The molecule has 0 radical (unpaired) electrons. The number of nitrogens with zero attached hydrogens (tertiary/aromatic N) is 2. The number of aromatic nitrogens is 2. The summed E-state index contributed by atoms with van der Waals surface area (Å²) >= 11 is 0. The maximum absolute atomic E-state index is 12.4. The van der Waals surface area contributed by atoms with Crippen molar-refractivity contribution < 1.29 is 13.9 Å². The van der Waals surface area contributed by atoms with E-state index in [0.29, 0.717) is 29.7 Å². The van der Waals surface area contributed by atoms with Crippen molar-refractivity contribution in [1.82, 2.24) is 15.3 Å². The van der Waals surface area contributed by atoms with Crippen LogP contribution in [0.4, 0.5) is 11.6 Å².